The Morgan fingerprint density at radius 3 is 2.00 bits per heavy atom. The zero-order chi connectivity index (χ0) is 24.3. The van der Waals surface area contributed by atoms with Crippen molar-refractivity contribution in [3.63, 3.8) is 0 Å². The average molecular weight is 465 g/mol. The van der Waals surface area contributed by atoms with Gasteiger partial charge in [-0.25, -0.2) is 0 Å². The first-order valence-corrected chi connectivity index (χ1v) is 14.4. The standard InChI is InChI=1S/C27H48O4Si/c1-9-10-16-25(17-28)27(29)23(8)26(19-30-18-24-14-12-11-13-15-24)31-32(20(2)3,21(4)5)22(6)7/h9,11-15,20-23,25-29H,1,10,16-19H2,2-8H3/t23-,25-,26-,27+/m0/s1. The fraction of sp³-hybridized carbons (Fsp3) is 0.704. The molecule has 4 nitrogen and oxygen atoms in total. The molecule has 0 bridgehead atoms. The molecule has 5 heteroatoms. The van der Waals surface area contributed by atoms with Crippen LogP contribution >= 0.6 is 0 Å². The van der Waals surface area contributed by atoms with Crippen LogP contribution in [0, 0.1) is 11.8 Å². The van der Waals surface area contributed by atoms with Crippen molar-refractivity contribution < 1.29 is 19.4 Å². The lowest BCUT2D eigenvalue weighted by Crippen LogP contribution is -2.54. The van der Waals surface area contributed by atoms with Crippen LogP contribution in [0.5, 0.6) is 0 Å². The molecule has 0 aliphatic heterocycles. The fourth-order valence-corrected chi connectivity index (χ4v) is 10.8. The Balaban J connectivity index is 3.13. The summed E-state index contributed by atoms with van der Waals surface area (Å²) in [5.74, 6) is -0.354. The molecule has 1 aromatic rings. The molecule has 0 aromatic heterocycles. The van der Waals surface area contributed by atoms with E-state index in [0.29, 0.717) is 36.3 Å². The van der Waals surface area contributed by atoms with Crippen molar-refractivity contribution in [1.29, 1.82) is 0 Å². The van der Waals surface area contributed by atoms with Gasteiger partial charge in [-0.05, 0) is 35.0 Å². The molecular weight excluding hydrogens is 416 g/mol. The maximum atomic E-state index is 11.2. The topological polar surface area (TPSA) is 58.9 Å². The zero-order valence-corrected chi connectivity index (χ0v) is 22.5. The third kappa shape index (κ3) is 7.81. The molecule has 0 aliphatic rings. The van der Waals surface area contributed by atoms with E-state index in [0.717, 1.165) is 12.0 Å². The van der Waals surface area contributed by atoms with E-state index in [2.05, 4.69) is 60.3 Å². The van der Waals surface area contributed by atoms with Gasteiger partial charge >= 0.3 is 0 Å². The van der Waals surface area contributed by atoms with Crippen molar-refractivity contribution in [1.82, 2.24) is 0 Å². The number of ether oxygens (including phenoxy) is 1. The van der Waals surface area contributed by atoms with Gasteiger partial charge in [-0.15, -0.1) is 6.58 Å². The van der Waals surface area contributed by atoms with E-state index in [1.54, 1.807) is 0 Å². The molecule has 4 atom stereocenters. The minimum Gasteiger partial charge on any atom is -0.410 e. The smallest absolute Gasteiger partial charge is 0.200 e. The Kier molecular flexibility index (Phi) is 13.0. The number of benzene rings is 1. The van der Waals surface area contributed by atoms with Gasteiger partial charge in [-0.1, -0.05) is 84.9 Å². The minimum atomic E-state index is -2.17. The third-order valence-corrected chi connectivity index (χ3v) is 13.2. The van der Waals surface area contributed by atoms with Crippen molar-refractivity contribution in [2.45, 2.75) is 96.7 Å². The molecule has 0 fully saturated rings. The zero-order valence-electron chi connectivity index (χ0n) is 21.5. The summed E-state index contributed by atoms with van der Waals surface area (Å²) in [6.07, 6.45) is 2.43. The molecule has 32 heavy (non-hydrogen) atoms. The summed E-state index contributed by atoms with van der Waals surface area (Å²) in [6.45, 7) is 20.4. The van der Waals surface area contributed by atoms with E-state index in [1.165, 1.54) is 0 Å². The number of rotatable bonds is 16. The van der Waals surface area contributed by atoms with Crippen LogP contribution in [0.1, 0.15) is 66.9 Å². The summed E-state index contributed by atoms with van der Waals surface area (Å²) in [5, 5.41) is 21.1. The highest BCUT2D eigenvalue weighted by Gasteiger charge is 2.48. The van der Waals surface area contributed by atoms with Crippen LogP contribution in [0.3, 0.4) is 0 Å². The van der Waals surface area contributed by atoms with E-state index >= 15 is 0 Å². The second kappa shape index (κ2) is 14.3. The van der Waals surface area contributed by atoms with Crippen LogP contribution in [0.2, 0.25) is 16.6 Å². The molecular formula is C27H48O4Si. The van der Waals surface area contributed by atoms with Gasteiger partial charge in [0, 0.05) is 18.4 Å². The molecule has 0 heterocycles. The van der Waals surface area contributed by atoms with Crippen LogP contribution in [-0.4, -0.2) is 44.0 Å². The van der Waals surface area contributed by atoms with Crippen LogP contribution in [-0.2, 0) is 15.8 Å². The molecule has 0 radical (unpaired) electrons. The summed E-state index contributed by atoms with van der Waals surface area (Å²) in [4.78, 5) is 0. The predicted octanol–water partition coefficient (Wildman–Crippen LogP) is 6.34. The Morgan fingerprint density at radius 1 is 0.969 bits per heavy atom. The van der Waals surface area contributed by atoms with Gasteiger partial charge in [0.2, 0.25) is 8.32 Å². The molecule has 184 valence electrons. The van der Waals surface area contributed by atoms with Gasteiger partial charge in [-0.2, -0.15) is 0 Å². The van der Waals surface area contributed by atoms with Crippen LogP contribution in [0.15, 0.2) is 43.0 Å². The summed E-state index contributed by atoms with van der Waals surface area (Å²) >= 11 is 0. The predicted molar refractivity (Wildman–Crippen MR) is 137 cm³/mol. The highest BCUT2D eigenvalue weighted by Crippen LogP contribution is 2.44. The number of aliphatic hydroxyl groups is 2. The Labute approximate surface area is 198 Å². The number of aliphatic hydroxyl groups excluding tert-OH is 2. The van der Waals surface area contributed by atoms with Crippen molar-refractivity contribution in [3.05, 3.63) is 48.6 Å². The van der Waals surface area contributed by atoms with E-state index in [4.69, 9.17) is 9.16 Å². The summed E-state index contributed by atoms with van der Waals surface area (Å²) in [5.41, 5.74) is 2.45. The quantitative estimate of drug-likeness (QED) is 0.221. The molecule has 1 aromatic carbocycles. The summed E-state index contributed by atoms with van der Waals surface area (Å²) < 4.78 is 13.2. The van der Waals surface area contributed by atoms with Crippen LogP contribution in [0.4, 0.5) is 0 Å². The molecule has 0 unspecified atom stereocenters. The minimum absolute atomic E-state index is 0.0436. The molecule has 0 aliphatic carbocycles. The lowest BCUT2D eigenvalue weighted by molar-refractivity contribution is -0.0559. The van der Waals surface area contributed by atoms with Gasteiger partial charge in [-0.3, -0.25) is 0 Å². The number of allylic oxidation sites excluding steroid dienone is 1. The van der Waals surface area contributed by atoms with Crippen molar-refractivity contribution in [2.24, 2.45) is 11.8 Å². The normalized spacial score (nSPS) is 16.4. The Bertz CT molecular complexity index is 610. The second-order valence-electron chi connectivity index (χ2n) is 10.1. The van der Waals surface area contributed by atoms with Gasteiger partial charge in [0.15, 0.2) is 0 Å². The Hall–Kier alpha value is -0.983. The van der Waals surface area contributed by atoms with Crippen molar-refractivity contribution >= 4 is 8.32 Å². The molecule has 0 saturated heterocycles. The van der Waals surface area contributed by atoms with Gasteiger partial charge in [0.25, 0.3) is 0 Å². The van der Waals surface area contributed by atoms with Gasteiger partial charge in [0.05, 0.1) is 25.4 Å². The Morgan fingerprint density at radius 2 is 1.53 bits per heavy atom. The molecule has 0 spiro atoms. The maximum Gasteiger partial charge on any atom is 0.200 e. The lowest BCUT2D eigenvalue weighted by Gasteiger charge is -2.46. The van der Waals surface area contributed by atoms with E-state index in [1.807, 2.05) is 31.2 Å². The first-order chi connectivity index (χ1) is 15.1. The molecule has 1 rings (SSSR count). The lowest BCUT2D eigenvalue weighted by atomic mass is 9.86. The van der Waals surface area contributed by atoms with E-state index < -0.39 is 14.4 Å². The van der Waals surface area contributed by atoms with Crippen molar-refractivity contribution in [3.8, 4) is 0 Å². The largest absolute Gasteiger partial charge is 0.410 e. The van der Waals surface area contributed by atoms with Crippen molar-refractivity contribution in [2.75, 3.05) is 13.2 Å². The highest BCUT2D eigenvalue weighted by atomic mass is 28.4. The first-order valence-electron chi connectivity index (χ1n) is 12.3. The highest BCUT2D eigenvalue weighted by molar-refractivity contribution is 6.77. The third-order valence-electron chi connectivity index (χ3n) is 7.04. The summed E-state index contributed by atoms with van der Waals surface area (Å²) in [7, 11) is -2.17. The second-order valence-corrected chi connectivity index (χ2v) is 15.5. The first kappa shape index (κ1) is 29.0. The number of hydrogen-bond acceptors (Lipinski definition) is 4. The fourth-order valence-electron chi connectivity index (χ4n) is 5.18. The van der Waals surface area contributed by atoms with Crippen LogP contribution < -0.4 is 0 Å². The number of hydrogen-bond donors (Lipinski definition) is 2. The maximum absolute atomic E-state index is 11.2. The SMILES string of the molecule is C=CCC[C@@H](CO)[C@H](O)[C@@H](C)[C@H](COCc1ccccc1)O[Si](C(C)C)(C(C)C)C(C)C. The van der Waals surface area contributed by atoms with Gasteiger partial charge in [0.1, 0.15) is 0 Å². The van der Waals surface area contributed by atoms with E-state index in [9.17, 15) is 10.2 Å². The monoisotopic (exact) mass is 464 g/mol. The van der Waals surface area contributed by atoms with E-state index in [-0.39, 0.29) is 24.5 Å². The average Bonchev–Trinajstić information content (AvgIpc) is 2.75. The molecule has 2 N–H and O–H groups in total. The molecule has 0 amide bonds. The van der Waals surface area contributed by atoms with Crippen LogP contribution in [0.25, 0.3) is 0 Å². The summed E-state index contributed by atoms with van der Waals surface area (Å²) in [6, 6.07) is 10.1. The van der Waals surface area contributed by atoms with Gasteiger partial charge < -0.3 is 19.4 Å². The molecule has 0 saturated carbocycles.